The monoisotopic (exact) mass is 517 g/mol. The highest BCUT2D eigenvalue weighted by molar-refractivity contribution is 6.00. The number of piperazine rings is 1. The number of amides is 3. The molecule has 0 atom stereocenters. The Hall–Kier alpha value is -3.55. The molecule has 0 aromatic heterocycles. The number of nitrogens with one attached hydrogen (secondary N) is 2. The molecule has 3 fully saturated rings. The molecule has 1 aliphatic carbocycles. The van der Waals surface area contributed by atoms with Crippen LogP contribution in [-0.2, 0) is 9.59 Å². The van der Waals surface area contributed by atoms with E-state index in [1.807, 2.05) is 23.1 Å². The van der Waals surface area contributed by atoms with Crippen LogP contribution in [-0.4, -0.2) is 68.4 Å². The SMILES string of the molecule is Cc1ccccc1N1CCN(c2ccc(C(=O)NCCCN3CCCC3=O)cc2NC(=O)CC2CC2)CC1. The van der Waals surface area contributed by atoms with E-state index in [4.69, 9.17) is 0 Å². The fourth-order valence-electron chi connectivity index (χ4n) is 5.46. The minimum absolute atomic E-state index is 0.0140. The van der Waals surface area contributed by atoms with Crippen molar-refractivity contribution in [2.75, 3.05) is 60.9 Å². The Morgan fingerprint density at radius 1 is 0.947 bits per heavy atom. The van der Waals surface area contributed by atoms with Gasteiger partial charge in [0.1, 0.15) is 0 Å². The zero-order chi connectivity index (χ0) is 26.5. The first-order chi connectivity index (χ1) is 18.5. The van der Waals surface area contributed by atoms with Crippen LogP contribution in [0.15, 0.2) is 42.5 Å². The van der Waals surface area contributed by atoms with Crippen molar-refractivity contribution in [2.24, 2.45) is 5.92 Å². The van der Waals surface area contributed by atoms with Gasteiger partial charge in [-0.1, -0.05) is 18.2 Å². The third-order valence-electron chi connectivity index (χ3n) is 7.84. The molecule has 0 spiro atoms. The number of hydrogen-bond donors (Lipinski definition) is 2. The highest BCUT2D eigenvalue weighted by Gasteiger charge is 2.26. The van der Waals surface area contributed by atoms with Crippen LogP contribution in [0.5, 0.6) is 0 Å². The van der Waals surface area contributed by atoms with Gasteiger partial charge in [-0.2, -0.15) is 0 Å². The number of likely N-dealkylation sites (tertiary alicyclic amines) is 1. The number of rotatable bonds is 10. The molecule has 8 nitrogen and oxygen atoms in total. The third-order valence-corrected chi connectivity index (χ3v) is 7.84. The summed E-state index contributed by atoms with van der Waals surface area (Å²) in [5.74, 6) is 0.551. The molecule has 8 heteroatoms. The molecule has 2 heterocycles. The average Bonchev–Trinajstić information content (AvgIpc) is 3.64. The Morgan fingerprint density at radius 3 is 2.37 bits per heavy atom. The summed E-state index contributed by atoms with van der Waals surface area (Å²) in [4.78, 5) is 44.0. The minimum Gasteiger partial charge on any atom is -0.368 e. The molecule has 0 radical (unpaired) electrons. The number of carbonyl (C=O) groups excluding carboxylic acids is 3. The van der Waals surface area contributed by atoms with Crippen molar-refractivity contribution in [3.63, 3.8) is 0 Å². The minimum atomic E-state index is -0.161. The van der Waals surface area contributed by atoms with E-state index in [1.165, 1.54) is 11.3 Å². The zero-order valence-electron chi connectivity index (χ0n) is 22.4. The van der Waals surface area contributed by atoms with Crippen LogP contribution in [0.25, 0.3) is 0 Å². The van der Waals surface area contributed by atoms with Gasteiger partial charge in [-0.3, -0.25) is 14.4 Å². The van der Waals surface area contributed by atoms with Gasteiger partial charge >= 0.3 is 0 Å². The van der Waals surface area contributed by atoms with Gasteiger partial charge in [0.25, 0.3) is 5.91 Å². The van der Waals surface area contributed by atoms with E-state index in [9.17, 15) is 14.4 Å². The smallest absolute Gasteiger partial charge is 0.251 e. The van der Waals surface area contributed by atoms with E-state index >= 15 is 0 Å². The van der Waals surface area contributed by atoms with Gasteiger partial charge in [0, 0.05) is 69.9 Å². The molecular formula is C30H39N5O3. The highest BCUT2D eigenvalue weighted by atomic mass is 16.2. The van der Waals surface area contributed by atoms with Crippen LogP contribution in [0.2, 0.25) is 0 Å². The van der Waals surface area contributed by atoms with Gasteiger partial charge in [0.05, 0.1) is 11.4 Å². The van der Waals surface area contributed by atoms with Crippen molar-refractivity contribution in [2.45, 2.75) is 45.4 Å². The Bertz CT molecular complexity index is 1170. The number of carbonyl (C=O) groups is 3. The maximum atomic E-state index is 12.9. The predicted molar refractivity (Wildman–Crippen MR) is 151 cm³/mol. The fraction of sp³-hybridized carbons (Fsp3) is 0.500. The molecule has 5 rings (SSSR count). The molecule has 38 heavy (non-hydrogen) atoms. The van der Waals surface area contributed by atoms with Crippen molar-refractivity contribution in [3.05, 3.63) is 53.6 Å². The van der Waals surface area contributed by atoms with Gasteiger partial charge in [0.15, 0.2) is 0 Å². The first-order valence-electron chi connectivity index (χ1n) is 14.0. The summed E-state index contributed by atoms with van der Waals surface area (Å²) in [6.07, 6.45) is 5.06. The molecule has 0 bridgehead atoms. The Labute approximate surface area is 225 Å². The molecule has 3 aliphatic rings. The molecule has 1 saturated carbocycles. The van der Waals surface area contributed by atoms with Gasteiger partial charge < -0.3 is 25.3 Å². The number of hydrogen-bond acceptors (Lipinski definition) is 5. The van der Waals surface area contributed by atoms with Crippen LogP contribution in [0.1, 0.15) is 54.4 Å². The number of para-hydroxylation sites is 1. The van der Waals surface area contributed by atoms with Crippen molar-refractivity contribution in [1.82, 2.24) is 10.2 Å². The number of nitrogens with zero attached hydrogens (tertiary/aromatic N) is 3. The number of benzene rings is 2. The van der Waals surface area contributed by atoms with Gasteiger partial charge in [-0.25, -0.2) is 0 Å². The Morgan fingerprint density at radius 2 is 1.68 bits per heavy atom. The predicted octanol–water partition coefficient (Wildman–Crippen LogP) is 3.80. The topological polar surface area (TPSA) is 85.0 Å². The maximum Gasteiger partial charge on any atom is 0.251 e. The second-order valence-corrected chi connectivity index (χ2v) is 10.8. The van der Waals surface area contributed by atoms with Gasteiger partial charge in [0.2, 0.25) is 11.8 Å². The molecule has 2 aromatic rings. The quantitative estimate of drug-likeness (QED) is 0.469. The first kappa shape index (κ1) is 26.1. The average molecular weight is 518 g/mol. The largest absolute Gasteiger partial charge is 0.368 e. The molecule has 3 amide bonds. The molecule has 2 aromatic carbocycles. The molecule has 202 valence electrons. The second kappa shape index (κ2) is 11.9. The Kier molecular flexibility index (Phi) is 8.15. The van der Waals surface area contributed by atoms with Crippen LogP contribution in [0.4, 0.5) is 17.1 Å². The summed E-state index contributed by atoms with van der Waals surface area (Å²) < 4.78 is 0. The number of aryl methyl sites for hydroxylation is 1. The van der Waals surface area contributed by atoms with Crippen molar-refractivity contribution < 1.29 is 14.4 Å². The molecule has 0 unspecified atom stereocenters. The summed E-state index contributed by atoms with van der Waals surface area (Å²) in [5, 5.41) is 6.10. The second-order valence-electron chi connectivity index (χ2n) is 10.8. The fourth-order valence-corrected chi connectivity index (χ4v) is 5.46. The summed E-state index contributed by atoms with van der Waals surface area (Å²) in [6.45, 7) is 7.59. The lowest BCUT2D eigenvalue weighted by atomic mass is 10.1. The van der Waals surface area contributed by atoms with Crippen molar-refractivity contribution in [3.8, 4) is 0 Å². The summed E-state index contributed by atoms with van der Waals surface area (Å²) in [6, 6.07) is 14.1. The Balaban J connectivity index is 1.23. The lowest BCUT2D eigenvalue weighted by Gasteiger charge is -2.38. The lowest BCUT2D eigenvalue weighted by Crippen LogP contribution is -2.47. The van der Waals surface area contributed by atoms with Crippen LogP contribution in [0.3, 0.4) is 0 Å². The molecule has 2 aliphatic heterocycles. The van der Waals surface area contributed by atoms with Crippen LogP contribution < -0.4 is 20.4 Å². The molecular weight excluding hydrogens is 478 g/mol. The highest BCUT2D eigenvalue weighted by Crippen LogP contribution is 2.34. The summed E-state index contributed by atoms with van der Waals surface area (Å²) in [7, 11) is 0. The standard InChI is InChI=1S/C30H39N5O3/c1-22-6-2-3-7-26(22)33-16-18-34(19-17-33)27-12-11-24(21-25(27)32-28(36)20-23-9-10-23)30(38)31-13-5-15-35-14-4-8-29(35)37/h2-3,6-7,11-12,21,23H,4-5,8-10,13-20H2,1H3,(H,31,38)(H,32,36). The van der Waals surface area contributed by atoms with E-state index < -0.39 is 0 Å². The lowest BCUT2D eigenvalue weighted by molar-refractivity contribution is -0.127. The third kappa shape index (κ3) is 6.47. The van der Waals surface area contributed by atoms with Gasteiger partial charge in [-0.05, 0) is 68.4 Å². The normalized spacial score (nSPS) is 17.6. The van der Waals surface area contributed by atoms with Gasteiger partial charge in [-0.15, -0.1) is 0 Å². The van der Waals surface area contributed by atoms with E-state index in [0.29, 0.717) is 43.1 Å². The summed E-state index contributed by atoms with van der Waals surface area (Å²) in [5.41, 5.74) is 4.74. The zero-order valence-corrected chi connectivity index (χ0v) is 22.4. The molecule has 2 saturated heterocycles. The molecule has 2 N–H and O–H groups in total. The van der Waals surface area contributed by atoms with E-state index in [0.717, 1.165) is 64.1 Å². The maximum absolute atomic E-state index is 12.9. The van der Waals surface area contributed by atoms with E-state index in [2.05, 4.69) is 51.6 Å². The van der Waals surface area contributed by atoms with Crippen LogP contribution in [0, 0.1) is 12.8 Å². The van der Waals surface area contributed by atoms with Crippen molar-refractivity contribution in [1.29, 1.82) is 0 Å². The van der Waals surface area contributed by atoms with Crippen molar-refractivity contribution >= 4 is 34.8 Å². The van der Waals surface area contributed by atoms with E-state index in [1.54, 1.807) is 0 Å². The van der Waals surface area contributed by atoms with E-state index in [-0.39, 0.29) is 17.7 Å². The van der Waals surface area contributed by atoms with Crippen LogP contribution >= 0.6 is 0 Å². The first-order valence-corrected chi connectivity index (χ1v) is 14.0. The number of anilines is 3. The summed E-state index contributed by atoms with van der Waals surface area (Å²) >= 11 is 0.